The maximum atomic E-state index is 12.6. The van der Waals surface area contributed by atoms with Crippen LogP contribution in [0.5, 0.6) is 0 Å². The van der Waals surface area contributed by atoms with Crippen LogP contribution in [0.15, 0.2) is 24.3 Å². The van der Waals surface area contributed by atoms with Crippen LogP contribution in [0.3, 0.4) is 0 Å². The lowest BCUT2D eigenvalue weighted by molar-refractivity contribution is 0.0763. The fourth-order valence-electron chi connectivity index (χ4n) is 2.65. The van der Waals surface area contributed by atoms with E-state index in [1.807, 2.05) is 11.8 Å². The molecule has 1 N–H and O–H groups in total. The van der Waals surface area contributed by atoms with Crippen LogP contribution in [0.2, 0.25) is 0 Å². The number of sulfonamides is 1. The highest BCUT2D eigenvalue weighted by atomic mass is 32.2. The van der Waals surface area contributed by atoms with Gasteiger partial charge in [-0.2, -0.15) is 0 Å². The van der Waals surface area contributed by atoms with Crippen molar-refractivity contribution in [2.75, 3.05) is 43.7 Å². The van der Waals surface area contributed by atoms with Gasteiger partial charge in [-0.15, -0.1) is 0 Å². The van der Waals surface area contributed by atoms with E-state index < -0.39 is 10.0 Å². The average Bonchev–Trinajstić information content (AvgIpc) is 2.71. The molecule has 0 unspecified atom stereocenters. The molecule has 128 valence electrons. The van der Waals surface area contributed by atoms with Crippen LogP contribution >= 0.6 is 0 Å². The second kappa shape index (κ2) is 7.79. The summed E-state index contributed by atoms with van der Waals surface area (Å²) in [7, 11) is -1.29. The third kappa shape index (κ3) is 5.21. The van der Waals surface area contributed by atoms with Crippen LogP contribution in [0.4, 0.5) is 5.69 Å². The number of nitrogens with one attached hydrogen (secondary N) is 1. The Balaban J connectivity index is 2.11. The Labute approximate surface area is 138 Å². The van der Waals surface area contributed by atoms with E-state index in [1.165, 1.54) is 0 Å². The largest absolute Gasteiger partial charge is 0.337 e. The maximum Gasteiger partial charge on any atom is 0.253 e. The van der Waals surface area contributed by atoms with Gasteiger partial charge in [-0.25, -0.2) is 8.42 Å². The lowest BCUT2D eigenvalue weighted by atomic mass is 10.1. The Morgan fingerprint density at radius 3 is 2.74 bits per heavy atom. The first-order chi connectivity index (χ1) is 10.9. The van der Waals surface area contributed by atoms with E-state index in [1.54, 1.807) is 24.3 Å². The molecule has 1 aliphatic rings. The zero-order chi connectivity index (χ0) is 16.9. The molecule has 0 radical (unpaired) electrons. The van der Waals surface area contributed by atoms with Crippen LogP contribution in [0.25, 0.3) is 0 Å². The summed E-state index contributed by atoms with van der Waals surface area (Å²) < 4.78 is 26.2. The number of anilines is 1. The lowest BCUT2D eigenvalue weighted by Crippen LogP contribution is -2.34. The van der Waals surface area contributed by atoms with Gasteiger partial charge in [-0.3, -0.25) is 9.52 Å². The zero-order valence-electron chi connectivity index (χ0n) is 13.8. The Morgan fingerprint density at radius 1 is 1.22 bits per heavy atom. The molecule has 0 aromatic heterocycles. The van der Waals surface area contributed by atoms with Crippen molar-refractivity contribution in [2.45, 2.75) is 19.8 Å². The van der Waals surface area contributed by atoms with Crippen molar-refractivity contribution in [1.29, 1.82) is 0 Å². The normalized spacial score (nSPS) is 16.9. The van der Waals surface area contributed by atoms with E-state index in [0.717, 1.165) is 26.1 Å². The van der Waals surface area contributed by atoms with Gasteiger partial charge in [0.2, 0.25) is 10.0 Å². The Bertz CT molecular complexity index is 646. The number of hydrogen-bond acceptors (Lipinski definition) is 4. The number of nitrogens with zero attached hydrogens (tertiary/aromatic N) is 2. The van der Waals surface area contributed by atoms with E-state index in [2.05, 4.69) is 16.7 Å². The summed E-state index contributed by atoms with van der Waals surface area (Å²) >= 11 is 0. The Hall–Kier alpha value is -1.60. The molecule has 1 saturated heterocycles. The molecule has 0 bridgehead atoms. The van der Waals surface area contributed by atoms with Crippen LogP contribution in [-0.4, -0.2) is 63.1 Å². The number of likely N-dealkylation sites (N-methyl/N-ethyl adjacent to an activating group) is 1. The summed E-state index contributed by atoms with van der Waals surface area (Å²) in [4.78, 5) is 16.7. The highest BCUT2D eigenvalue weighted by Gasteiger charge is 2.19. The van der Waals surface area contributed by atoms with Crippen LogP contribution in [0, 0.1) is 0 Å². The fourth-order valence-corrected chi connectivity index (χ4v) is 3.77. The van der Waals surface area contributed by atoms with E-state index in [-0.39, 0.29) is 11.7 Å². The Morgan fingerprint density at radius 2 is 2.00 bits per heavy atom. The summed E-state index contributed by atoms with van der Waals surface area (Å²) in [6.45, 7) is 5.08. The van der Waals surface area contributed by atoms with Gasteiger partial charge in [0.15, 0.2) is 0 Å². The van der Waals surface area contributed by atoms with Crippen molar-refractivity contribution in [3.8, 4) is 0 Å². The molecule has 1 aromatic rings. The summed E-state index contributed by atoms with van der Waals surface area (Å²) in [5.74, 6) is 0.0285. The van der Waals surface area contributed by atoms with Crippen molar-refractivity contribution >= 4 is 21.6 Å². The first kappa shape index (κ1) is 17.7. The fraction of sp³-hybridized carbons (Fsp3) is 0.562. The molecule has 0 atom stereocenters. The molecule has 6 nitrogen and oxygen atoms in total. The van der Waals surface area contributed by atoms with E-state index in [9.17, 15) is 13.2 Å². The minimum Gasteiger partial charge on any atom is -0.337 e. The number of benzene rings is 1. The minimum absolute atomic E-state index is 0.0446. The monoisotopic (exact) mass is 339 g/mol. The van der Waals surface area contributed by atoms with Gasteiger partial charge in [0.25, 0.3) is 5.91 Å². The highest BCUT2D eigenvalue weighted by molar-refractivity contribution is 7.92. The van der Waals surface area contributed by atoms with Gasteiger partial charge in [0.1, 0.15) is 0 Å². The molecular weight excluding hydrogens is 314 g/mol. The number of amides is 1. The van der Waals surface area contributed by atoms with E-state index >= 15 is 0 Å². The Kier molecular flexibility index (Phi) is 6.01. The first-order valence-corrected chi connectivity index (χ1v) is 9.65. The molecule has 1 amide bonds. The van der Waals surface area contributed by atoms with Crippen molar-refractivity contribution in [3.63, 3.8) is 0 Å². The molecule has 1 heterocycles. The van der Waals surface area contributed by atoms with Crippen LogP contribution in [0.1, 0.15) is 30.1 Å². The first-order valence-electron chi connectivity index (χ1n) is 7.99. The topological polar surface area (TPSA) is 69.7 Å². The summed E-state index contributed by atoms with van der Waals surface area (Å²) in [5, 5.41) is 0. The quantitative estimate of drug-likeness (QED) is 0.885. The molecule has 1 fully saturated rings. The highest BCUT2D eigenvalue weighted by Crippen LogP contribution is 2.15. The summed E-state index contributed by atoms with van der Waals surface area (Å²) in [6, 6.07) is 6.72. The van der Waals surface area contributed by atoms with Gasteiger partial charge < -0.3 is 9.80 Å². The predicted octanol–water partition coefficient (Wildman–Crippen LogP) is 1.62. The second-order valence-corrected chi connectivity index (χ2v) is 7.79. The number of hydrogen-bond donors (Lipinski definition) is 1. The predicted molar refractivity (Wildman–Crippen MR) is 92.2 cm³/mol. The molecule has 0 saturated carbocycles. The molecule has 0 spiro atoms. The van der Waals surface area contributed by atoms with Crippen molar-refractivity contribution in [2.24, 2.45) is 0 Å². The number of carbonyl (C=O) groups excluding carboxylic acids is 1. The zero-order valence-corrected chi connectivity index (χ0v) is 14.6. The molecule has 23 heavy (non-hydrogen) atoms. The van der Waals surface area contributed by atoms with Gasteiger partial charge in [-0.05, 0) is 44.6 Å². The van der Waals surface area contributed by atoms with E-state index in [0.29, 0.717) is 24.2 Å². The molecule has 2 rings (SSSR count). The van der Waals surface area contributed by atoms with Gasteiger partial charge >= 0.3 is 0 Å². The van der Waals surface area contributed by atoms with Crippen molar-refractivity contribution in [1.82, 2.24) is 9.80 Å². The third-order valence-electron chi connectivity index (χ3n) is 3.86. The van der Waals surface area contributed by atoms with Gasteiger partial charge in [0.05, 0.1) is 5.75 Å². The van der Waals surface area contributed by atoms with Crippen LogP contribution < -0.4 is 4.72 Å². The third-order valence-corrected chi connectivity index (χ3v) is 5.35. The standard InChI is InChI=1S/C16H25N3O3S/c1-3-12-23(21,22)17-15-7-4-6-14(13-15)16(20)19-9-5-8-18(2)10-11-19/h4,6-7,13,17H,3,5,8-12H2,1-2H3. The van der Waals surface area contributed by atoms with Crippen molar-refractivity contribution < 1.29 is 13.2 Å². The minimum atomic E-state index is -3.35. The average molecular weight is 339 g/mol. The lowest BCUT2D eigenvalue weighted by Gasteiger charge is -2.21. The summed E-state index contributed by atoms with van der Waals surface area (Å²) in [5.41, 5.74) is 0.961. The maximum absolute atomic E-state index is 12.6. The number of carbonyl (C=O) groups is 1. The van der Waals surface area contributed by atoms with Crippen LogP contribution in [-0.2, 0) is 10.0 Å². The molecular formula is C16H25N3O3S. The summed E-state index contributed by atoms with van der Waals surface area (Å²) in [6.07, 6.45) is 1.50. The molecule has 0 aliphatic carbocycles. The second-order valence-electron chi connectivity index (χ2n) is 5.95. The van der Waals surface area contributed by atoms with E-state index in [4.69, 9.17) is 0 Å². The molecule has 7 heteroatoms. The SMILES string of the molecule is CCCS(=O)(=O)Nc1cccc(C(=O)N2CCCN(C)CC2)c1. The molecule has 1 aromatic carbocycles. The van der Waals surface area contributed by atoms with Gasteiger partial charge in [-0.1, -0.05) is 13.0 Å². The number of rotatable bonds is 5. The molecule has 1 aliphatic heterocycles. The van der Waals surface area contributed by atoms with Crippen molar-refractivity contribution in [3.05, 3.63) is 29.8 Å². The smallest absolute Gasteiger partial charge is 0.253 e. The van der Waals surface area contributed by atoms with Gasteiger partial charge in [0, 0.05) is 30.9 Å².